The summed E-state index contributed by atoms with van der Waals surface area (Å²) in [5.74, 6) is 0.491. The maximum atomic E-state index is 12.3. The number of thiophene rings is 1. The Kier molecular flexibility index (Phi) is 6.87. The molecule has 1 aromatic heterocycles. The van der Waals surface area contributed by atoms with Crippen molar-refractivity contribution < 1.29 is 13.2 Å². The second kappa shape index (κ2) is 9.17. The smallest absolute Gasteiger partial charge is 0.251 e. The van der Waals surface area contributed by atoms with Crippen molar-refractivity contribution in [2.24, 2.45) is 0 Å². The van der Waals surface area contributed by atoms with E-state index in [1.165, 1.54) is 31.1 Å². The Morgan fingerprint density at radius 2 is 1.86 bits per heavy atom. The monoisotopic (exact) mass is 421 g/mol. The lowest BCUT2D eigenvalue weighted by Gasteiger charge is -2.31. The molecule has 8 heteroatoms. The number of sulfonamides is 1. The normalized spacial score (nSPS) is 16.4. The van der Waals surface area contributed by atoms with Gasteiger partial charge in [-0.3, -0.25) is 4.79 Å². The summed E-state index contributed by atoms with van der Waals surface area (Å²) >= 11 is 1.84. The molecule has 2 heterocycles. The summed E-state index contributed by atoms with van der Waals surface area (Å²) in [5.41, 5.74) is 0.467. The van der Waals surface area contributed by atoms with Crippen molar-refractivity contribution in [3.8, 4) is 0 Å². The third-order valence-electron chi connectivity index (χ3n) is 5.14. The van der Waals surface area contributed by atoms with E-state index in [-0.39, 0.29) is 10.8 Å². The number of rotatable bonds is 7. The van der Waals surface area contributed by atoms with E-state index in [0.29, 0.717) is 18.0 Å². The first-order valence-corrected chi connectivity index (χ1v) is 11.8. The van der Waals surface area contributed by atoms with Crippen molar-refractivity contribution in [1.29, 1.82) is 0 Å². The van der Waals surface area contributed by atoms with Gasteiger partial charge in [0, 0.05) is 37.6 Å². The Balaban J connectivity index is 1.44. The number of nitrogens with zero attached hydrogens (tertiary/aromatic N) is 2. The van der Waals surface area contributed by atoms with Gasteiger partial charge >= 0.3 is 0 Å². The summed E-state index contributed by atoms with van der Waals surface area (Å²) in [6, 6.07) is 10.4. The molecule has 1 fully saturated rings. The second-order valence-corrected chi connectivity index (χ2v) is 10.3. The third-order valence-corrected chi connectivity index (χ3v) is 8.01. The van der Waals surface area contributed by atoms with Crippen molar-refractivity contribution in [3.63, 3.8) is 0 Å². The molecule has 1 amide bonds. The Morgan fingerprint density at radius 1 is 1.18 bits per heavy atom. The van der Waals surface area contributed by atoms with Gasteiger partial charge in [-0.25, -0.2) is 12.7 Å². The van der Waals surface area contributed by atoms with Crippen LogP contribution in [0.3, 0.4) is 0 Å². The van der Waals surface area contributed by atoms with E-state index in [9.17, 15) is 13.2 Å². The number of carbonyl (C=O) groups excluding carboxylic acids is 1. The zero-order valence-electron chi connectivity index (χ0n) is 16.3. The molecule has 3 rings (SSSR count). The van der Waals surface area contributed by atoms with Gasteiger partial charge in [0.05, 0.1) is 4.90 Å². The van der Waals surface area contributed by atoms with E-state index >= 15 is 0 Å². The fourth-order valence-corrected chi connectivity index (χ4v) is 5.18. The molecule has 0 radical (unpaired) electrons. The summed E-state index contributed by atoms with van der Waals surface area (Å²) in [6.07, 6.45) is 2.33. The highest BCUT2D eigenvalue weighted by atomic mass is 32.2. The van der Waals surface area contributed by atoms with Crippen LogP contribution in [-0.2, 0) is 10.0 Å². The van der Waals surface area contributed by atoms with Crippen LogP contribution in [0.2, 0.25) is 0 Å². The van der Waals surface area contributed by atoms with Gasteiger partial charge in [0.1, 0.15) is 0 Å². The van der Waals surface area contributed by atoms with Gasteiger partial charge in [0.2, 0.25) is 10.0 Å². The van der Waals surface area contributed by atoms with Gasteiger partial charge in [-0.2, -0.15) is 0 Å². The minimum atomic E-state index is -3.48. The van der Waals surface area contributed by atoms with Crippen LogP contribution < -0.4 is 5.32 Å². The number of carbonyl (C=O) groups is 1. The van der Waals surface area contributed by atoms with E-state index in [1.807, 2.05) is 11.3 Å². The molecule has 1 aliphatic rings. The van der Waals surface area contributed by atoms with Gasteiger partial charge in [-0.1, -0.05) is 6.07 Å². The van der Waals surface area contributed by atoms with Crippen LogP contribution in [0.4, 0.5) is 0 Å². The van der Waals surface area contributed by atoms with Crippen LogP contribution in [0, 0.1) is 0 Å². The zero-order valence-corrected chi connectivity index (χ0v) is 17.9. The molecule has 0 atom stereocenters. The maximum absolute atomic E-state index is 12.3. The number of amides is 1. The van der Waals surface area contributed by atoms with Gasteiger partial charge in [0.15, 0.2) is 0 Å². The van der Waals surface area contributed by atoms with Gasteiger partial charge < -0.3 is 10.2 Å². The van der Waals surface area contributed by atoms with E-state index < -0.39 is 10.0 Å². The second-order valence-electron chi connectivity index (χ2n) is 7.20. The number of hydrogen-bond acceptors (Lipinski definition) is 5. The molecule has 28 heavy (non-hydrogen) atoms. The first kappa shape index (κ1) is 21.0. The number of benzene rings is 1. The first-order chi connectivity index (χ1) is 13.4. The first-order valence-electron chi connectivity index (χ1n) is 9.44. The van der Waals surface area contributed by atoms with E-state index in [1.54, 1.807) is 12.1 Å². The van der Waals surface area contributed by atoms with Crippen LogP contribution in [0.25, 0.3) is 0 Å². The van der Waals surface area contributed by atoms with Crippen LogP contribution in [0.1, 0.15) is 34.0 Å². The molecule has 0 bridgehead atoms. The summed E-state index contributed by atoms with van der Waals surface area (Å²) in [7, 11) is -0.505. The minimum Gasteiger partial charge on any atom is -0.351 e. The molecule has 152 valence electrons. The van der Waals surface area contributed by atoms with Crippen molar-refractivity contribution in [2.45, 2.75) is 23.7 Å². The number of nitrogens with one attached hydrogen (secondary N) is 1. The summed E-state index contributed by atoms with van der Waals surface area (Å²) in [5, 5.41) is 5.07. The van der Waals surface area contributed by atoms with E-state index in [4.69, 9.17) is 0 Å². The lowest BCUT2D eigenvalue weighted by Crippen LogP contribution is -2.39. The maximum Gasteiger partial charge on any atom is 0.251 e. The van der Waals surface area contributed by atoms with E-state index in [2.05, 4.69) is 27.7 Å². The quantitative estimate of drug-likeness (QED) is 0.746. The average Bonchev–Trinajstić information content (AvgIpc) is 3.23. The fourth-order valence-electron chi connectivity index (χ4n) is 3.38. The predicted molar refractivity (Wildman–Crippen MR) is 112 cm³/mol. The summed E-state index contributed by atoms with van der Waals surface area (Å²) < 4.78 is 25.3. The van der Waals surface area contributed by atoms with Crippen LogP contribution >= 0.6 is 11.3 Å². The molecule has 1 aliphatic heterocycles. The molecule has 6 nitrogen and oxygen atoms in total. The number of hydrogen-bond donors (Lipinski definition) is 1. The van der Waals surface area contributed by atoms with Gasteiger partial charge in [-0.15, -0.1) is 11.3 Å². The Labute approximate surface area is 171 Å². The Hall–Kier alpha value is -1.74. The molecule has 1 aromatic carbocycles. The van der Waals surface area contributed by atoms with Crippen molar-refractivity contribution in [1.82, 2.24) is 14.5 Å². The van der Waals surface area contributed by atoms with Crippen molar-refractivity contribution in [3.05, 3.63) is 52.2 Å². The largest absolute Gasteiger partial charge is 0.351 e. The standard InChI is InChI=1S/C20H27N3O3S2/c1-22(2)28(25,26)18-7-5-17(6-8-18)20(24)21-11-14-23-12-9-16(10-13-23)19-4-3-15-27-19/h3-8,15-16H,9-14H2,1-2H3,(H,21,24). The highest BCUT2D eigenvalue weighted by molar-refractivity contribution is 7.89. The van der Waals surface area contributed by atoms with Gasteiger partial charge in [0.25, 0.3) is 5.91 Å². The van der Waals surface area contributed by atoms with Crippen LogP contribution in [-0.4, -0.2) is 63.8 Å². The molecule has 0 saturated carbocycles. The van der Waals surface area contributed by atoms with Gasteiger partial charge in [-0.05, 0) is 67.6 Å². The van der Waals surface area contributed by atoms with Crippen LogP contribution in [0.5, 0.6) is 0 Å². The van der Waals surface area contributed by atoms with Crippen molar-refractivity contribution >= 4 is 27.3 Å². The topological polar surface area (TPSA) is 69.7 Å². The van der Waals surface area contributed by atoms with Crippen LogP contribution in [0.15, 0.2) is 46.7 Å². The fraction of sp³-hybridized carbons (Fsp3) is 0.450. The molecule has 1 N–H and O–H groups in total. The molecule has 0 aliphatic carbocycles. The summed E-state index contributed by atoms with van der Waals surface area (Å²) in [4.78, 5) is 16.3. The highest BCUT2D eigenvalue weighted by Crippen LogP contribution is 2.30. The Morgan fingerprint density at radius 3 is 2.43 bits per heavy atom. The lowest BCUT2D eigenvalue weighted by atomic mass is 9.95. The molecule has 0 spiro atoms. The van der Waals surface area contributed by atoms with Crippen molar-refractivity contribution in [2.75, 3.05) is 40.3 Å². The highest BCUT2D eigenvalue weighted by Gasteiger charge is 2.21. The zero-order chi connectivity index (χ0) is 20.1. The SMILES string of the molecule is CN(C)S(=O)(=O)c1ccc(C(=O)NCCN2CCC(c3cccs3)CC2)cc1. The number of likely N-dealkylation sites (tertiary alicyclic amines) is 1. The molecule has 1 saturated heterocycles. The third kappa shape index (κ3) is 5.00. The molecular formula is C20H27N3O3S2. The predicted octanol–water partition coefficient (Wildman–Crippen LogP) is 2.61. The minimum absolute atomic E-state index is 0.178. The lowest BCUT2D eigenvalue weighted by molar-refractivity contribution is 0.0945. The Bertz CT molecular complexity index is 870. The molecular weight excluding hydrogens is 394 g/mol. The number of piperidine rings is 1. The molecule has 2 aromatic rings. The average molecular weight is 422 g/mol. The van der Waals surface area contributed by atoms with E-state index in [0.717, 1.165) is 36.8 Å². The summed E-state index contributed by atoms with van der Waals surface area (Å²) in [6.45, 7) is 3.52. The molecule has 0 unspecified atom stereocenters.